The van der Waals surface area contributed by atoms with Crippen molar-refractivity contribution in [3.05, 3.63) is 59.4 Å². The van der Waals surface area contributed by atoms with E-state index in [1.54, 1.807) is 25.1 Å². The lowest BCUT2D eigenvalue weighted by Gasteiger charge is -2.10. The van der Waals surface area contributed by atoms with Crippen LogP contribution >= 0.6 is 0 Å². The molecule has 5 nitrogen and oxygen atoms in total. The molecule has 2 rings (SSSR count). The Labute approximate surface area is 141 Å². The van der Waals surface area contributed by atoms with Crippen LogP contribution in [0.3, 0.4) is 0 Å². The van der Waals surface area contributed by atoms with E-state index in [1.165, 1.54) is 24.3 Å². The average molecular weight is 350 g/mol. The van der Waals surface area contributed by atoms with Crippen LogP contribution in [0.1, 0.15) is 17.5 Å². The van der Waals surface area contributed by atoms with Crippen LogP contribution in [0.15, 0.2) is 47.4 Å². The third-order valence-electron chi connectivity index (χ3n) is 3.41. The molecule has 0 spiro atoms. The molecular weight excluding hydrogens is 331 g/mol. The SMILES string of the molecule is Cc1ccc(S(=O)(=O)NCCC(=O)Nc2ccccc2F)c(C)c1. The Balaban J connectivity index is 1.93. The van der Waals surface area contributed by atoms with Gasteiger partial charge in [0.15, 0.2) is 0 Å². The Kier molecular flexibility index (Phi) is 5.69. The van der Waals surface area contributed by atoms with Crippen molar-refractivity contribution in [1.82, 2.24) is 4.72 Å². The zero-order chi connectivity index (χ0) is 17.7. The van der Waals surface area contributed by atoms with Crippen LogP contribution in [-0.2, 0) is 14.8 Å². The molecule has 24 heavy (non-hydrogen) atoms. The highest BCUT2D eigenvalue weighted by Gasteiger charge is 2.17. The van der Waals surface area contributed by atoms with Gasteiger partial charge in [-0.1, -0.05) is 29.8 Å². The van der Waals surface area contributed by atoms with Crippen LogP contribution in [0.2, 0.25) is 0 Å². The summed E-state index contributed by atoms with van der Waals surface area (Å²) < 4.78 is 40.3. The van der Waals surface area contributed by atoms with Gasteiger partial charge in [0.25, 0.3) is 0 Å². The van der Waals surface area contributed by atoms with Gasteiger partial charge in [-0.2, -0.15) is 0 Å². The van der Waals surface area contributed by atoms with Crippen LogP contribution in [0, 0.1) is 19.7 Å². The largest absolute Gasteiger partial charge is 0.324 e. The molecule has 0 aliphatic heterocycles. The number of amides is 1. The molecule has 2 aromatic carbocycles. The lowest BCUT2D eigenvalue weighted by molar-refractivity contribution is -0.116. The second-order valence-corrected chi connectivity index (χ2v) is 7.18. The maximum absolute atomic E-state index is 13.4. The van der Waals surface area contributed by atoms with Gasteiger partial charge < -0.3 is 5.32 Å². The molecule has 0 atom stereocenters. The number of aryl methyl sites for hydroxylation is 2. The second-order valence-electron chi connectivity index (χ2n) is 5.44. The Morgan fingerprint density at radius 3 is 2.50 bits per heavy atom. The van der Waals surface area contributed by atoms with Crippen LogP contribution in [0.5, 0.6) is 0 Å². The lowest BCUT2D eigenvalue weighted by atomic mass is 10.2. The number of hydrogen-bond donors (Lipinski definition) is 2. The summed E-state index contributed by atoms with van der Waals surface area (Å²) in [6.45, 7) is 3.52. The molecule has 128 valence electrons. The fourth-order valence-corrected chi connectivity index (χ4v) is 3.51. The smallest absolute Gasteiger partial charge is 0.240 e. The first-order valence-corrected chi connectivity index (χ1v) is 8.89. The number of carbonyl (C=O) groups excluding carboxylic acids is 1. The Morgan fingerprint density at radius 1 is 1.12 bits per heavy atom. The Bertz CT molecular complexity index is 851. The number of nitrogens with one attached hydrogen (secondary N) is 2. The van der Waals surface area contributed by atoms with Gasteiger partial charge in [-0.15, -0.1) is 0 Å². The fraction of sp³-hybridized carbons (Fsp3) is 0.235. The maximum atomic E-state index is 13.4. The summed E-state index contributed by atoms with van der Waals surface area (Å²) >= 11 is 0. The second kappa shape index (κ2) is 7.55. The van der Waals surface area contributed by atoms with E-state index in [9.17, 15) is 17.6 Å². The van der Waals surface area contributed by atoms with Gasteiger partial charge in [0.05, 0.1) is 10.6 Å². The van der Waals surface area contributed by atoms with Crippen molar-refractivity contribution in [3.8, 4) is 0 Å². The van der Waals surface area contributed by atoms with E-state index in [0.29, 0.717) is 5.56 Å². The van der Waals surface area contributed by atoms with Crippen LogP contribution in [-0.4, -0.2) is 20.9 Å². The van der Waals surface area contributed by atoms with Gasteiger partial charge in [0.1, 0.15) is 5.82 Å². The molecular formula is C17H19FN2O3S. The zero-order valence-electron chi connectivity index (χ0n) is 13.5. The summed E-state index contributed by atoms with van der Waals surface area (Å²) in [5.74, 6) is -1.01. The van der Waals surface area contributed by atoms with Crippen LogP contribution in [0.25, 0.3) is 0 Å². The number of sulfonamides is 1. The van der Waals surface area contributed by atoms with E-state index < -0.39 is 21.7 Å². The number of benzene rings is 2. The summed E-state index contributed by atoms with van der Waals surface area (Å²) in [4.78, 5) is 12.0. The van der Waals surface area contributed by atoms with Gasteiger partial charge in [-0.3, -0.25) is 4.79 Å². The number of hydrogen-bond acceptors (Lipinski definition) is 3. The predicted octanol–water partition coefficient (Wildman–Crippen LogP) is 2.75. The van der Waals surface area contributed by atoms with Crippen molar-refractivity contribution in [2.45, 2.75) is 25.2 Å². The molecule has 0 fully saturated rings. The van der Waals surface area contributed by atoms with Crippen LogP contribution in [0.4, 0.5) is 10.1 Å². The standard InChI is InChI=1S/C17H19FN2O3S/c1-12-7-8-16(13(2)11-12)24(22,23)19-10-9-17(21)20-15-6-4-3-5-14(15)18/h3-8,11,19H,9-10H2,1-2H3,(H,20,21). The molecule has 2 aromatic rings. The quantitative estimate of drug-likeness (QED) is 0.841. The highest BCUT2D eigenvalue weighted by molar-refractivity contribution is 7.89. The third kappa shape index (κ3) is 4.62. The monoisotopic (exact) mass is 350 g/mol. The van der Waals surface area contributed by atoms with E-state index in [-0.39, 0.29) is 23.5 Å². The van der Waals surface area contributed by atoms with Crippen molar-refractivity contribution in [3.63, 3.8) is 0 Å². The maximum Gasteiger partial charge on any atom is 0.240 e. The molecule has 7 heteroatoms. The van der Waals surface area contributed by atoms with E-state index in [4.69, 9.17) is 0 Å². The highest BCUT2D eigenvalue weighted by atomic mass is 32.2. The van der Waals surface area contributed by atoms with E-state index in [0.717, 1.165) is 5.56 Å². The minimum absolute atomic E-state index is 0.0692. The molecule has 0 bridgehead atoms. The van der Waals surface area contributed by atoms with Crippen LogP contribution < -0.4 is 10.0 Å². The van der Waals surface area contributed by atoms with Crippen molar-refractivity contribution in [2.75, 3.05) is 11.9 Å². The molecule has 0 aliphatic carbocycles. The zero-order valence-corrected chi connectivity index (χ0v) is 14.3. The molecule has 0 saturated carbocycles. The first-order valence-electron chi connectivity index (χ1n) is 7.41. The van der Waals surface area contributed by atoms with Gasteiger partial charge in [0, 0.05) is 13.0 Å². The molecule has 0 aromatic heterocycles. The number of rotatable bonds is 6. The summed E-state index contributed by atoms with van der Waals surface area (Å²) in [7, 11) is -3.69. The van der Waals surface area contributed by atoms with Crippen molar-refractivity contribution in [1.29, 1.82) is 0 Å². The van der Waals surface area contributed by atoms with Gasteiger partial charge in [0.2, 0.25) is 15.9 Å². The number of carbonyl (C=O) groups is 1. The average Bonchev–Trinajstić information content (AvgIpc) is 2.49. The molecule has 0 heterocycles. The summed E-state index contributed by atoms with van der Waals surface area (Å²) in [5.41, 5.74) is 1.67. The molecule has 0 radical (unpaired) electrons. The summed E-state index contributed by atoms with van der Waals surface area (Å²) in [6.07, 6.45) is -0.0987. The van der Waals surface area contributed by atoms with E-state index in [2.05, 4.69) is 10.0 Å². The predicted molar refractivity (Wildman–Crippen MR) is 90.8 cm³/mol. The third-order valence-corrected chi connectivity index (χ3v) is 5.03. The topological polar surface area (TPSA) is 75.3 Å². The number of halogens is 1. The number of anilines is 1. The number of para-hydroxylation sites is 1. The van der Waals surface area contributed by atoms with E-state index in [1.807, 2.05) is 6.92 Å². The van der Waals surface area contributed by atoms with Gasteiger partial charge in [-0.25, -0.2) is 17.5 Å². The highest BCUT2D eigenvalue weighted by Crippen LogP contribution is 2.16. The van der Waals surface area contributed by atoms with Gasteiger partial charge >= 0.3 is 0 Å². The first kappa shape index (κ1) is 18.1. The first-order chi connectivity index (χ1) is 11.3. The van der Waals surface area contributed by atoms with Crippen molar-refractivity contribution >= 4 is 21.6 Å². The minimum Gasteiger partial charge on any atom is -0.324 e. The Morgan fingerprint density at radius 2 is 1.83 bits per heavy atom. The van der Waals surface area contributed by atoms with Crippen molar-refractivity contribution in [2.24, 2.45) is 0 Å². The molecule has 0 saturated heterocycles. The summed E-state index contributed by atoms with van der Waals surface area (Å²) in [6, 6.07) is 10.8. The minimum atomic E-state index is -3.69. The Hall–Kier alpha value is -2.25. The van der Waals surface area contributed by atoms with Gasteiger partial charge in [-0.05, 0) is 37.6 Å². The molecule has 0 unspecified atom stereocenters. The van der Waals surface area contributed by atoms with E-state index >= 15 is 0 Å². The lowest BCUT2D eigenvalue weighted by Crippen LogP contribution is -2.28. The normalized spacial score (nSPS) is 11.3. The molecule has 2 N–H and O–H groups in total. The summed E-state index contributed by atoms with van der Waals surface area (Å²) in [5, 5.41) is 2.41. The molecule has 0 aliphatic rings. The molecule has 1 amide bonds. The fourth-order valence-electron chi connectivity index (χ4n) is 2.25. The van der Waals surface area contributed by atoms with Crippen molar-refractivity contribution < 1.29 is 17.6 Å².